The highest BCUT2D eigenvalue weighted by molar-refractivity contribution is 5.61. The summed E-state index contributed by atoms with van der Waals surface area (Å²) in [6.07, 6.45) is 12.4. The second-order valence-electron chi connectivity index (χ2n) is 6.70. The average Bonchev–Trinajstić information content (AvgIpc) is 3.22. The number of hydrogen-bond donors (Lipinski definition) is 1. The second kappa shape index (κ2) is 6.23. The number of aromatic nitrogens is 4. The molecule has 0 saturated heterocycles. The van der Waals surface area contributed by atoms with E-state index in [2.05, 4.69) is 22.3 Å². The number of nitrogens with zero attached hydrogens (tertiary/aromatic N) is 5. The van der Waals surface area contributed by atoms with Gasteiger partial charge < -0.3 is 10.5 Å². The van der Waals surface area contributed by atoms with Gasteiger partial charge in [0.1, 0.15) is 17.4 Å². The van der Waals surface area contributed by atoms with Gasteiger partial charge in [0.2, 0.25) is 5.88 Å². The van der Waals surface area contributed by atoms with Gasteiger partial charge in [-0.05, 0) is 36.5 Å². The third kappa shape index (κ3) is 2.69. The van der Waals surface area contributed by atoms with Crippen LogP contribution in [0.3, 0.4) is 0 Å². The van der Waals surface area contributed by atoms with Crippen molar-refractivity contribution in [2.45, 2.75) is 25.2 Å². The quantitative estimate of drug-likeness (QED) is 0.900. The van der Waals surface area contributed by atoms with Crippen LogP contribution < -0.4 is 5.73 Å². The van der Waals surface area contributed by atoms with Crippen LogP contribution >= 0.6 is 0 Å². The fraction of sp³-hybridized carbons (Fsp3) is 0.316. The Morgan fingerprint density at radius 1 is 1.23 bits per heavy atom. The van der Waals surface area contributed by atoms with Crippen LogP contribution in [0.25, 0.3) is 6.08 Å². The maximum Gasteiger partial charge on any atom is 0.205 e. The van der Waals surface area contributed by atoms with Crippen molar-refractivity contribution in [3.05, 3.63) is 64.3 Å². The monoisotopic (exact) mass is 348 g/mol. The molecule has 26 heavy (non-hydrogen) atoms. The van der Waals surface area contributed by atoms with E-state index in [-0.39, 0.29) is 11.8 Å². The average molecular weight is 348 g/mol. The first-order valence-corrected chi connectivity index (χ1v) is 8.55. The van der Waals surface area contributed by atoms with Crippen molar-refractivity contribution in [2.24, 2.45) is 19.8 Å². The van der Waals surface area contributed by atoms with Crippen molar-refractivity contribution in [3.63, 3.8) is 0 Å². The minimum atomic E-state index is -0.199. The molecule has 2 N–H and O–H groups in total. The van der Waals surface area contributed by atoms with Crippen LogP contribution in [0.15, 0.2) is 53.1 Å². The lowest BCUT2D eigenvalue weighted by molar-refractivity contribution is 0.277. The molecule has 3 heterocycles. The van der Waals surface area contributed by atoms with Gasteiger partial charge in [-0.25, -0.2) is 0 Å². The van der Waals surface area contributed by atoms with Gasteiger partial charge in [-0.1, -0.05) is 0 Å². The fourth-order valence-corrected chi connectivity index (χ4v) is 3.72. The molecule has 0 aromatic carbocycles. The van der Waals surface area contributed by atoms with E-state index in [4.69, 9.17) is 10.5 Å². The van der Waals surface area contributed by atoms with Gasteiger partial charge in [0.15, 0.2) is 0 Å². The Bertz CT molecular complexity index is 997. The number of rotatable bonds is 2. The van der Waals surface area contributed by atoms with Gasteiger partial charge in [-0.3, -0.25) is 9.36 Å². The minimum Gasteiger partial charge on any atom is -0.440 e. The molecular formula is C19H20N6O. The first kappa shape index (κ1) is 16.2. The Morgan fingerprint density at radius 2 is 2.00 bits per heavy atom. The molecule has 7 heteroatoms. The molecule has 1 aliphatic heterocycles. The molecule has 0 bridgehead atoms. The van der Waals surface area contributed by atoms with Crippen molar-refractivity contribution in [1.82, 2.24) is 19.6 Å². The number of nitrogens with two attached hydrogens (primary N) is 1. The van der Waals surface area contributed by atoms with Gasteiger partial charge in [0, 0.05) is 37.6 Å². The molecular weight excluding hydrogens is 328 g/mol. The summed E-state index contributed by atoms with van der Waals surface area (Å²) in [5, 5.41) is 18.1. The number of allylic oxidation sites excluding steroid dienone is 3. The highest BCUT2D eigenvalue weighted by atomic mass is 16.5. The van der Waals surface area contributed by atoms with Crippen molar-refractivity contribution >= 4 is 6.08 Å². The van der Waals surface area contributed by atoms with E-state index in [9.17, 15) is 5.26 Å². The molecule has 2 aromatic rings. The number of nitriles is 1. The van der Waals surface area contributed by atoms with Gasteiger partial charge in [-0.15, -0.1) is 0 Å². The number of ether oxygens (including phenoxy) is 1. The Labute approximate surface area is 151 Å². The Morgan fingerprint density at radius 3 is 2.65 bits per heavy atom. The zero-order valence-corrected chi connectivity index (χ0v) is 14.8. The van der Waals surface area contributed by atoms with E-state index in [0.717, 1.165) is 47.3 Å². The first-order chi connectivity index (χ1) is 12.6. The predicted molar refractivity (Wildman–Crippen MR) is 95.9 cm³/mol. The third-order valence-electron chi connectivity index (χ3n) is 4.83. The maximum absolute atomic E-state index is 9.65. The zero-order valence-electron chi connectivity index (χ0n) is 14.8. The van der Waals surface area contributed by atoms with Crippen LogP contribution in [0.1, 0.15) is 36.3 Å². The summed E-state index contributed by atoms with van der Waals surface area (Å²) in [4.78, 5) is 0. The summed E-state index contributed by atoms with van der Waals surface area (Å²) in [5.74, 6) is 0.777. The molecule has 0 amide bonds. The van der Waals surface area contributed by atoms with Gasteiger partial charge in [0.05, 0.1) is 18.3 Å². The molecule has 0 fully saturated rings. The number of aryl methyl sites for hydroxylation is 2. The normalized spacial score (nSPS) is 21.6. The maximum atomic E-state index is 9.65. The van der Waals surface area contributed by atoms with Crippen LogP contribution in [-0.4, -0.2) is 19.6 Å². The smallest absolute Gasteiger partial charge is 0.205 e. The summed E-state index contributed by atoms with van der Waals surface area (Å²) in [7, 11) is 3.76. The largest absolute Gasteiger partial charge is 0.440 e. The molecule has 0 unspecified atom stereocenters. The van der Waals surface area contributed by atoms with Crippen molar-refractivity contribution < 1.29 is 4.74 Å². The molecule has 1 aliphatic carbocycles. The summed E-state index contributed by atoms with van der Waals surface area (Å²) >= 11 is 0. The molecule has 0 saturated carbocycles. The summed E-state index contributed by atoms with van der Waals surface area (Å²) in [6.45, 7) is 0. The molecule has 0 spiro atoms. The van der Waals surface area contributed by atoms with E-state index in [1.807, 2.05) is 32.7 Å². The van der Waals surface area contributed by atoms with Crippen LogP contribution in [0.2, 0.25) is 0 Å². The van der Waals surface area contributed by atoms with Crippen molar-refractivity contribution in [3.8, 4) is 6.07 Å². The minimum absolute atomic E-state index is 0.180. The molecule has 4 rings (SSSR count). The lowest BCUT2D eigenvalue weighted by Gasteiger charge is -2.32. The van der Waals surface area contributed by atoms with Crippen LogP contribution in [0.5, 0.6) is 0 Å². The molecule has 1 atom stereocenters. The zero-order chi connectivity index (χ0) is 18.3. The second-order valence-corrected chi connectivity index (χ2v) is 6.70. The lowest BCUT2D eigenvalue weighted by atomic mass is 9.78. The van der Waals surface area contributed by atoms with E-state index >= 15 is 0 Å². The van der Waals surface area contributed by atoms with Gasteiger partial charge in [-0.2, -0.15) is 15.5 Å². The lowest BCUT2D eigenvalue weighted by Crippen LogP contribution is -2.23. The molecule has 132 valence electrons. The third-order valence-corrected chi connectivity index (χ3v) is 4.83. The molecule has 7 nitrogen and oxygen atoms in total. The summed E-state index contributed by atoms with van der Waals surface area (Å²) in [6, 6.07) is 2.24. The SMILES string of the molecule is Cn1cc(/C=C2\CCCC3=C2OC(N)=C(C#N)[C@H]3c2cnn(C)c2)cn1. The highest BCUT2D eigenvalue weighted by Crippen LogP contribution is 2.46. The van der Waals surface area contributed by atoms with Crippen LogP contribution in [0, 0.1) is 11.3 Å². The van der Waals surface area contributed by atoms with Crippen LogP contribution in [0.4, 0.5) is 0 Å². The van der Waals surface area contributed by atoms with Gasteiger partial charge in [0.25, 0.3) is 0 Å². The standard InChI is InChI=1S/C19H20N6O/c1-24-10-12(8-22-24)6-13-4-3-5-15-17(14-9-23-25(2)11-14)16(7-20)19(21)26-18(13)15/h6,8-11,17H,3-5,21H2,1-2H3/b13-6+/t17-/m0/s1. The summed E-state index contributed by atoms with van der Waals surface area (Å²) in [5.41, 5.74) is 10.8. The molecule has 0 radical (unpaired) electrons. The molecule has 2 aliphatic rings. The van der Waals surface area contributed by atoms with E-state index in [1.54, 1.807) is 15.6 Å². The van der Waals surface area contributed by atoms with Crippen LogP contribution in [-0.2, 0) is 18.8 Å². The van der Waals surface area contributed by atoms with Crippen molar-refractivity contribution in [2.75, 3.05) is 0 Å². The summed E-state index contributed by atoms with van der Waals surface area (Å²) < 4.78 is 9.45. The van der Waals surface area contributed by atoms with E-state index in [0.29, 0.717) is 5.57 Å². The fourth-order valence-electron chi connectivity index (χ4n) is 3.72. The first-order valence-electron chi connectivity index (χ1n) is 8.55. The molecule has 2 aromatic heterocycles. The Hall–Kier alpha value is -3.27. The topological polar surface area (TPSA) is 94.7 Å². The Balaban J connectivity index is 1.83. The highest BCUT2D eigenvalue weighted by Gasteiger charge is 2.36. The number of hydrogen-bond acceptors (Lipinski definition) is 5. The van der Waals surface area contributed by atoms with Gasteiger partial charge >= 0.3 is 0 Å². The Kier molecular flexibility index (Phi) is 3.88. The van der Waals surface area contributed by atoms with Crippen molar-refractivity contribution in [1.29, 1.82) is 5.26 Å². The van der Waals surface area contributed by atoms with E-state index in [1.165, 1.54) is 0 Å². The predicted octanol–water partition coefficient (Wildman–Crippen LogP) is 2.48. The van der Waals surface area contributed by atoms with E-state index < -0.39 is 0 Å².